The van der Waals surface area contributed by atoms with E-state index in [1.165, 1.54) is 17.0 Å². The first-order valence-corrected chi connectivity index (χ1v) is 7.36. The minimum absolute atomic E-state index is 0.916. The van der Waals surface area contributed by atoms with Crippen molar-refractivity contribution >= 4 is 16.5 Å². The smallest absolute Gasteiger partial charge is 0.185 e. The Kier molecular flexibility index (Phi) is 3.28. The molecule has 2 aromatic rings. The predicted molar refractivity (Wildman–Crippen MR) is 77.5 cm³/mol. The lowest BCUT2D eigenvalue weighted by atomic mass is 10.0. The predicted octanol–water partition coefficient (Wildman–Crippen LogP) is 1.50. The maximum atomic E-state index is 4.68. The SMILES string of the molecule is CN(C)Cc1nn(C)c2c1CCN(c1nccs1)C2. The molecule has 0 aliphatic carbocycles. The first-order valence-electron chi connectivity index (χ1n) is 6.48. The van der Waals surface area contributed by atoms with E-state index >= 15 is 0 Å². The van der Waals surface area contributed by atoms with E-state index in [1.54, 1.807) is 11.3 Å². The third kappa shape index (κ3) is 2.37. The normalized spacial score (nSPS) is 15.1. The molecule has 0 saturated heterocycles. The van der Waals surface area contributed by atoms with E-state index < -0.39 is 0 Å². The number of hydrogen-bond acceptors (Lipinski definition) is 5. The molecule has 1 aliphatic rings. The van der Waals surface area contributed by atoms with Gasteiger partial charge < -0.3 is 9.80 Å². The Morgan fingerprint density at radius 1 is 1.42 bits per heavy atom. The maximum absolute atomic E-state index is 4.68. The van der Waals surface area contributed by atoms with Gasteiger partial charge in [0.05, 0.1) is 17.9 Å². The van der Waals surface area contributed by atoms with Gasteiger partial charge in [0.1, 0.15) is 0 Å². The van der Waals surface area contributed by atoms with E-state index in [1.807, 2.05) is 23.3 Å². The molecule has 0 unspecified atom stereocenters. The average Bonchev–Trinajstić information content (AvgIpc) is 2.98. The van der Waals surface area contributed by atoms with Gasteiger partial charge in [0, 0.05) is 37.3 Å². The van der Waals surface area contributed by atoms with Crippen LogP contribution in [0.4, 0.5) is 5.13 Å². The molecule has 2 aromatic heterocycles. The van der Waals surface area contributed by atoms with E-state index in [2.05, 4.69) is 34.0 Å². The van der Waals surface area contributed by atoms with Crippen LogP contribution in [0.25, 0.3) is 0 Å². The van der Waals surface area contributed by atoms with Crippen LogP contribution >= 0.6 is 11.3 Å². The third-order valence-corrected chi connectivity index (χ3v) is 4.32. The highest BCUT2D eigenvalue weighted by atomic mass is 32.1. The molecule has 1 aliphatic heterocycles. The van der Waals surface area contributed by atoms with Crippen molar-refractivity contribution < 1.29 is 0 Å². The summed E-state index contributed by atoms with van der Waals surface area (Å²) in [6.07, 6.45) is 2.93. The van der Waals surface area contributed by atoms with Crippen LogP contribution in [0.2, 0.25) is 0 Å². The summed E-state index contributed by atoms with van der Waals surface area (Å²) in [6.45, 7) is 2.87. The monoisotopic (exact) mass is 277 g/mol. The van der Waals surface area contributed by atoms with Crippen molar-refractivity contribution in [1.29, 1.82) is 0 Å². The number of nitrogens with zero attached hydrogens (tertiary/aromatic N) is 5. The fourth-order valence-electron chi connectivity index (χ4n) is 2.62. The van der Waals surface area contributed by atoms with Gasteiger partial charge in [0.15, 0.2) is 5.13 Å². The van der Waals surface area contributed by atoms with Gasteiger partial charge in [-0.15, -0.1) is 11.3 Å². The van der Waals surface area contributed by atoms with Crippen LogP contribution in [0.5, 0.6) is 0 Å². The molecule has 19 heavy (non-hydrogen) atoms. The molecule has 0 fully saturated rings. The van der Waals surface area contributed by atoms with Crippen LogP contribution in [-0.4, -0.2) is 40.3 Å². The fourth-order valence-corrected chi connectivity index (χ4v) is 3.29. The third-order valence-electron chi connectivity index (χ3n) is 3.49. The van der Waals surface area contributed by atoms with Crippen molar-refractivity contribution in [1.82, 2.24) is 19.7 Å². The minimum Gasteiger partial charge on any atom is -0.342 e. The molecule has 0 bridgehead atoms. The second-order valence-corrected chi connectivity index (χ2v) is 6.09. The number of fused-ring (bicyclic) bond motifs is 1. The summed E-state index contributed by atoms with van der Waals surface area (Å²) in [6, 6.07) is 0. The Hall–Kier alpha value is -1.40. The lowest BCUT2D eigenvalue weighted by Gasteiger charge is -2.27. The Labute approximate surface area is 117 Å². The quantitative estimate of drug-likeness (QED) is 0.852. The van der Waals surface area contributed by atoms with Gasteiger partial charge in [0.2, 0.25) is 0 Å². The zero-order valence-electron chi connectivity index (χ0n) is 11.6. The number of aryl methyl sites for hydroxylation is 1. The van der Waals surface area contributed by atoms with Crippen LogP contribution in [0, 0.1) is 0 Å². The van der Waals surface area contributed by atoms with E-state index in [-0.39, 0.29) is 0 Å². The highest BCUT2D eigenvalue weighted by Crippen LogP contribution is 2.27. The Balaban J connectivity index is 1.87. The van der Waals surface area contributed by atoms with Gasteiger partial charge in [-0.1, -0.05) is 0 Å². The largest absolute Gasteiger partial charge is 0.342 e. The topological polar surface area (TPSA) is 37.2 Å². The number of hydrogen-bond donors (Lipinski definition) is 0. The van der Waals surface area contributed by atoms with Crippen molar-refractivity contribution in [2.75, 3.05) is 25.5 Å². The summed E-state index contributed by atoms with van der Waals surface area (Å²) in [5, 5.41) is 7.82. The van der Waals surface area contributed by atoms with Crippen molar-refractivity contribution in [3.63, 3.8) is 0 Å². The van der Waals surface area contributed by atoms with E-state index in [0.717, 1.165) is 31.2 Å². The number of anilines is 1. The second-order valence-electron chi connectivity index (χ2n) is 5.22. The maximum Gasteiger partial charge on any atom is 0.185 e. The molecule has 0 aromatic carbocycles. The Bertz CT molecular complexity index is 558. The highest BCUT2D eigenvalue weighted by Gasteiger charge is 2.24. The Morgan fingerprint density at radius 3 is 2.95 bits per heavy atom. The van der Waals surface area contributed by atoms with Gasteiger partial charge in [-0.05, 0) is 20.5 Å². The van der Waals surface area contributed by atoms with Gasteiger partial charge >= 0.3 is 0 Å². The lowest BCUT2D eigenvalue weighted by Crippen LogP contribution is -2.31. The molecule has 0 atom stereocenters. The van der Waals surface area contributed by atoms with E-state index in [9.17, 15) is 0 Å². The van der Waals surface area contributed by atoms with Crippen LogP contribution in [0.3, 0.4) is 0 Å². The summed E-state index contributed by atoms with van der Waals surface area (Å²) in [5.74, 6) is 0. The molecule has 6 heteroatoms. The number of rotatable bonds is 3. The molecule has 3 rings (SSSR count). The molecule has 5 nitrogen and oxygen atoms in total. The molecule has 0 saturated carbocycles. The molecule has 0 N–H and O–H groups in total. The summed E-state index contributed by atoms with van der Waals surface area (Å²) in [7, 11) is 6.22. The van der Waals surface area contributed by atoms with Crippen LogP contribution in [-0.2, 0) is 26.6 Å². The lowest BCUT2D eigenvalue weighted by molar-refractivity contribution is 0.393. The van der Waals surface area contributed by atoms with E-state index in [4.69, 9.17) is 0 Å². The Morgan fingerprint density at radius 2 is 2.26 bits per heavy atom. The first-order chi connectivity index (χ1) is 9.15. The van der Waals surface area contributed by atoms with E-state index in [0.29, 0.717) is 0 Å². The standard InChI is InChI=1S/C13H19N5S/c1-16(2)8-11-10-4-6-18(13-14-5-7-19-13)9-12(10)17(3)15-11/h5,7H,4,6,8-9H2,1-3H3. The second kappa shape index (κ2) is 4.94. The first kappa shape index (κ1) is 12.6. The van der Waals surface area contributed by atoms with Gasteiger partial charge in [-0.2, -0.15) is 5.10 Å². The van der Waals surface area contributed by atoms with Gasteiger partial charge in [-0.3, -0.25) is 4.68 Å². The molecular formula is C13H19N5S. The average molecular weight is 277 g/mol. The number of aromatic nitrogens is 3. The molecule has 102 valence electrons. The van der Waals surface area contributed by atoms with Crippen molar-refractivity contribution in [2.24, 2.45) is 7.05 Å². The van der Waals surface area contributed by atoms with Gasteiger partial charge in [0.25, 0.3) is 0 Å². The van der Waals surface area contributed by atoms with Crippen LogP contribution in [0.15, 0.2) is 11.6 Å². The zero-order valence-corrected chi connectivity index (χ0v) is 12.4. The van der Waals surface area contributed by atoms with Crippen LogP contribution < -0.4 is 4.90 Å². The fraction of sp³-hybridized carbons (Fsp3) is 0.538. The highest BCUT2D eigenvalue weighted by molar-refractivity contribution is 7.13. The molecule has 3 heterocycles. The zero-order chi connectivity index (χ0) is 13.4. The summed E-state index contributed by atoms with van der Waals surface area (Å²) < 4.78 is 2.04. The van der Waals surface area contributed by atoms with Crippen molar-refractivity contribution in [2.45, 2.75) is 19.5 Å². The summed E-state index contributed by atoms with van der Waals surface area (Å²) >= 11 is 1.70. The molecule has 0 spiro atoms. The summed E-state index contributed by atoms with van der Waals surface area (Å²) in [5.41, 5.74) is 3.99. The molecule has 0 amide bonds. The minimum atomic E-state index is 0.916. The summed E-state index contributed by atoms with van der Waals surface area (Å²) in [4.78, 5) is 8.92. The molecular weight excluding hydrogens is 258 g/mol. The van der Waals surface area contributed by atoms with Crippen LogP contribution in [0.1, 0.15) is 17.0 Å². The van der Waals surface area contributed by atoms with Gasteiger partial charge in [-0.25, -0.2) is 4.98 Å². The van der Waals surface area contributed by atoms with Crippen molar-refractivity contribution in [3.8, 4) is 0 Å². The number of thiazole rings is 1. The molecule has 0 radical (unpaired) electrons. The van der Waals surface area contributed by atoms with Crippen molar-refractivity contribution in [3.05, 3.63) is 28.5 Å².